The van der Waals surface area contributed by atoms with Gasteiger partial charge in [0.15, 0.2) is 0 Å². The molecule has 0 bridgehead atoms. The van der Waals surface area contributed by atoms with Gasteiger partial charge in [-0.15, -0.1) is 11.7 Å². The maximum absolute atomic E-state index is 10.0. The van der Waals surface area contributed by atoms with Crippen molar-refractivity contribution in [2.45, 2.75) is 31.4 Å². The lowest BCUT2D eigenvalue weighted by Gasteiger charge is -2.31. The zero-order chi connectivity index (χ0) is 29.7. The van der Waals surface area contributed by atoms with Gasteiger partial charge in [0, 0.05) is 17.3 Å². The Kier molecular flexibility index (Phi) is 8.24. The Hall–Kier alpha value is -5.12. The molecule has 10 heteroatoms. The topological polar surface area (TPSA) is 115 Å². The number of fused-ring (bicyclic) bond motifs is 1. The first kappa shape index (κ1) is 28.4. The highest BCUT2D eigenvalue weighted by Gasteiger charge is 2.33. The first-order valence-electron chi connectivity index (χ1n) is 13.5. The third kappa shape index (κ3) is 5.56. The number of hydrogen-bond acceptors (Lipinski definition) is 7. The Morgan fingerprint density at radius 3 is 2.64 bits per heavy atom. The molecule has 2 atom stereocenters. The van der Waals surface area contributed by atoms with Crippen molar-refractivity contribution in [1.29, 1.82) is 10.5 Å². The quantitative estimate of drug-likeness (QED) is 0.158. The van der Waals surface area contributed by atoms with Crippen LogP contribution in [0.4, 0.5) is 11.4 Å². The van der Waals surface area contributed by atoms with E-state index in [4.69, 9.17) is 11.6 Å². The van der Waals surface area contributed by atoms with Crippen molar-refractivity contribution in [1.82, 2.24) is 20.0 Å². The minimum Gasteiger partial charge on any atom is -0.378 e. The molecule has 206 valence electrons. The van der Waals surface area contributed by atoms with Crippen LogP contribution in [0.5, 0.6) is 0 Å². The number of hydrogen-bond donors (Lipinski definition) is 2. The maximum Gasteiger partial charge on any atom is 0.148 e. The third-order valence-corrected chi connectivity index (χ3v) is 7.59. The van der Waals surface area contributed by atoms with E-state index in [2.05, 4.69) is 63.7 Å². The van der Waals surface area contributed by atoms with Crippen molar-refractivity contribution in [2.75, 3.05) is 10.6 Å². The lowest BCUT2D eigenvalue weighted by Crippen LogP contribution is -2.38. The molecule has 0 spiro atoms. The predicted molar refractivity (Wildman–Crippen MR) is 169 cm³/mol. The number of nitriles is 2. The molecular weight excluding hydrogens is 543 g/mol. The Morgan fingerprint density at radius 1 is 1.12 bits per heavy atom. The molecule has 0 amide bonds. The molecule has 5 rings (SSSR count). The summed E-state index contributed by atoms with van der Waals surface area (Å²) in [6.07, 6.45) is 5.95. The van der Waals surface area contributed by atoms with Gasteiger partial charge < -0.3 is 10.6 Å². The van der Waals surface area contributed by atoms with Crippen LogP contribution >= 0.6 is 11.6 Å². The standard InChI is InChI=1S/C32H28BClN8/c1-3-13-42-20-29(40-41-42)32(33,24-12-8-9-21(14-24)17-35)39-25-15-26-30(23(18-36)19-37-31(26)27(34)16-25)38-28(4-2)22-10-6-5-7-11-22/h3,5-12,14-16,19-20,28,39H,1,4,13,33H2,2H3,(H,37,38)/t28-,32?/m1/s1. The van der Waals surface area contributed by atoms with E-state index < -0.39 is 5.44 Å². The van der Waals surface area contributed by atoms with Crippen LogP contribution in [-0.2, 0) is 12.0 Å². The molecule has 2 heterocycles. The van der Waals surface area contributed by atoms with Gasteiger partial charge in [-0.05, 0) is 41.8 Å². The van der Waals surface area contributed by atoms with Crippen LogP contribution in [-0.4, -0.2) is 27.8 Å². The second kappa shape index (κ2) is 12.2. The SMILES string of the molecule is BC(Nc1cc(Cl)c2ncc(C#N)c(N[C@H](CC)c3ccccc3)c2c1)(c1cccc(C#N)c1)c1cn(CC=C)nn1. The number of nitrogens with zero attached hydrogens (tertiary/aromatic N) is 6. The highest BCUT2D eigenvalue weighted by molar-refractivity contribution is 6.36. The molecule has 0 aliphatic heterocycles. The molecular formula is C32H28BClN8. The fraction of sp³-hybridized carbons (Fsp3) is 0.156. The highest BCUT2D eigenvalue weighted by Crippen LogP contribution is 2.38. The first-order chi connectivity index (χ1) is 20.4. The second-order valence-corrected chi connectivity index (χ2v) is 10.5. The Labute approximate surface area is 250 Å². The summed E-state index contributed by atoms with van der Waals surface area (Å²) in [5.41, 5.74) is 4.55. The molecule has 42 heavy (non-hydrogen) atoms. The van der Waals surface area contributed by atoms with E-state index >= 15 is 0 Å². The molecule has 0 radical (unpaired) electrons. The summed E-state index contributed by atoms with van der Waals surface area (Å²) in [6.45, 7) is 6.39. The van der Waals surface area contributed by atoms with E-state index in [0.717, 1.165) is 17.5 Å². The molecule has 0 saturated carbocycles. The molecule has 0 saturated heterocycles. The van der Waals surface area contributed by atoms with Gasteiger partial charge in [0.25, 0.3) is 0 Å². The Morgan fingerprint density at radius 2 is 1.93 bits per heavy atom. The molecule has 5 aromatic rings. The summed E-state index contributed by atoms with van der Waals surface area (Å²) >= 11 is 6.83. The lowest BCUT2D eigenvalue weighted by atomic mass is 9.69. The zero-order valence-corrected chi connectivity index (χ0v) is 24.1. The summed E-state index contributed by atoms with van der Waals surface area (Å²) in [5.74, 6) is 0. The summed E-state index contributed by atoms with van der Waals surface area (Å²) in [7, 11) is 1.98. The van der Waals surface area contributed by atoms with Crippen molar-refractivity contribution < 1.29 is 0 Å². The van der Waals surface area contributed by atoms with Gasteiger partial charge in [-0.2, -0.15) is 10.5 Å². The first-order valence-corrected chi connectivity index (χ1v) is 13.9. The smallest absolute Gasteiger partial charge is 0.148 e. The van der Waals surface area contributed by atoms with Crippen LogP contribution in [0.1, 0.15) is 47.3 Å². The molecule has 1 unspecified atom stereocenters. The van der Waals surface area contributed by atoms with Crippen molar-refractivity contribution >= 4 is 41.7 Å². The highest BCUT2D eigenvalue weighted by atomic mass is 35.5. The average molecular weight is 571 g/mol. The normalized spacial score (nSPS) is 13.0. The summed E-state index contributed by atoms with van der Waals surface area (Å²) in [5, 5.41) is 36.7. The van der Waals surface area contributed by atoms with Crippen LogP contribution in [0.15, 0.2) is 91.8 Å². The number of benzene rings is 3. The van der Waals surface area contributed by atoms with E-state index in [1.807, 2.05) is 62.6 Å². The van der Waals surface area contributed by atoms with Crippen LogP contribution in [0.2, 0.25) is 5.02 Å². The van der Waals surface area contributed by atoms with Gasteiger partial charge in [-0.25, -0.2) is 4.68 Å². The fourth-order valence-electron chi connectivity index (χ4n) is 5.07. The molecule has 0 aliphatic rings. The maximum atomic E-state index is 10.0. The van der Waals surface area contributed by atoms with Crippen LogP contribution < -0.4 is 10.6 Å². The van der Waals surface area contributed by atoms with Crippen molar-refractivity contribution in [2.24, 2.45) is 0 Å². The molecule has 2 aromatic heterocycles. The number of rotatable bonds is 10. The molecule has 0 fully saturated rings. The van der Waals surface area contributed by atoms with Gasteiger partial charge in [-0.1, -0.05) is 72.3 Å². The van der Waals surface area contributed by atoms with Gasteiger partial charge in [0.1, 0.15) is 19.6 Å². The largest absolute Gasteiger partial charge is 0.378 e. The van der Waals surface area contributed by atoms with E-state index in [0.29, 0.717) is 50.7 Å². The second-order valence-electron chi connectivity index (χ2n) is 10.1. The van der Waals surface area contributed by atoms with Crippen LogP contribution in [0.25, 0.3) is 10.9 Å². The number of nitrogens with one attached hydrogen (secondary N) is 2. The number of aromatic nitrogens is 4. The fourth-order valence-corrected chi connectivity index (χ4v) is 5.34. The molecule has 0 aliphatic carbocycles. The van der Waals surface area contributed by atoms with E-state index in [1.54, 1.807) is 23.0 Å². The molecule has 2 N–H and O–H groups in total. The van der Waals surface area contributed by atoms with E-state index in [1.165, 1.54) is 0 Å². The average Bonchev–Trinajstić information content (AvgIpc) is 3.50. The van der Waals surface area contributed by atoms with Gasteiger partial charge in [0.05, 0.1) is 57.6 Å². The summed E-state index contributed by atoms with van der Waals surface area (Å²) in [6, 6.07) is 25.7. The van der Waals surface area contributed by atoms with Crippen LogP contribution in [0, 0.1) is 22.7 Å². The number of allylic oxidation sites excluding steroid dienone is 1. The van der Waals surface area contributed by atoms with E-state index in [-0.39, 0.29) is 6.04 Å². The molecule has 8 nitrogen and oxygen atoms in total. The Balaban J connectivity index is 1.65. The number of halogens is 1. The predicted octanol–water partition coefficient (Wildman–Crippen LogP) is 5.92. The zero-order valence-electron chi connectivity index (χ0n) is 23.3. The number of anilines is 2. The van der Waals surface area contributed by atoms with Crippen molar-refractivity contribution in [3.63, 3.8) is 0 Å². The lowest BCUT2D eigenvalue weighted by molar-refractivity contribution is 0.661. The van der Waals surface area contributed by atoms with Crippen molar-refractivity contribution in [3.8, 4) is 12.1 Å². The minimum atomic E-state index is -0.896. The minimum absolute atomic E-state index is 0.0295. The Bertz CT molecular complexity index is 1840. The molecule has 3 aromatic carbocycles. The van der Waals surface area contributed by atoms with Gasteiger partial charge in [-0.3, -0.25) is 4.98 Å². The number of pyridine rings is 1. The third-order valence-electron chi connectivity index (χ3n) is 7.30. The van der Waals surface area contributed by atoms with Gasteiger partial charge in [0.2, 0.25) is 0 Å². The summed E-state index contributed by atoms with van der Waals surface area (Å²) in [4.78, 5) is 4.53. The van der Waals surface area contributed by atoms with E-state index in [9.17, 15) is 10.5 Å². The van der Waals surface area contributed by atoms with Gasteiger partial charge >= 0.3 is 0 Å². The monoisotopic (exact) mass is 570 g/mol. The van der Waals surface area contributed by atoms with Crippen molar-refractivity contribution in [3.05, 3.63) is 125 Å². The summed E-state index contributed by atoms with van der Waals surface area (Å²) < 4.78 is 1.70. The van der Waals surface area contributed by atoms with Crippen LogP contribution in [0.3, 0.4) is 0 Å².